The maximum Gasteiger partial charge on any atom is 0.182 e. The van der Waals surface area contributed by atoms with Crippen molar-refractivity contribution >= 4 is 0 Å². The average Bonchev–Trinajstić information content (AvgIpc) is 2.34. The van der Waals surface area contributed by atoms with E-state index in [0.717, 1.165) is 0 Å². The summed E-state index contributed by atoms with van der Waals surface area (Å²) in [4.78, 5) is 0. The lowest BCUT2D eigenvalue weighted by molar-refractivity contribution is -0.247. The van der Waals surface area contributed by atoms with Gasteiger partial charge >= 0.3 is 0 Å². The molecule has 2 N–H and O–H groups in total. The molecule has 1 heterocycles. The summed E-state index contributed by atoms with van der Waals surface area (Å²) < 4.78 is 5.18. The van der Waals surface area contributed by atoms with Crippen molar-refractivity contribution in [1.29, 1.82) is 0 Å². The second-order valence-electron chi connectivity index (χ2n) is 4.87. The monoisotopic (exact) mass is 262 g/mol. The van der Waals surface area contributed by atoms with Gasteiger partial charge in [0.2, 0.25) is 0 Å². The second-order valence-corrected chi connectivity index (χ2v) is 4.87. The van der Waals surface area contributed by atoms with Crippen LogP contribution in [-0.4, -0.2) is 64.9 Å². The van der Waals surface area contributed by atoms with E-state index in [1.807, 2.05) is 39.9 Å². The van der Waals surface area contributed by atoms with Crippen LogP contribution in [0.1, 0.15) is 41.0 Å². The zero-order valence-corrected chi connectivity index (χ0v) is 12.8. The maximum atomic E-state index is 9.91. The van der Waals surface area contributed by atoms with Crippen LogP contribution in [0.15, 0.2) is 0 Å². The lowest BCUT2D eigenvalue weighted by atomic mass is 10.00. The molecule has 0 bridgehead atoms. The normalized spacial score (nSPS) is 32.7. The Morgan fingerprint density at radius 2 is 1.67 bits per heavy atom. The van der Waals surface area contributed by atoms with Gasteiger partial charge in [-0.3, -0.25) is 0 Å². The van der Waals surface area contributed by atoms with E-state index < -0.39 is 12.4 Å². The predicted molar refractivity (Wildman–Crippen MR) is 73.0 cm³/mol. The lowest BCUT2D eigenvalue weighted by Crippen LogP contribution is -2.59. The third-order valence-corrected chi connectivity index (χ3v) is 3.36. The van der Waals surface area contributed by atoms with Crippen LogP contribution in [0, 0.1) is 0 Å². The average molecular weight is 262 g/mol. The van der Waals surface area contributed by atoms with Gasteiger partial charge in [0.1, 0.15) is 6.10 Å². The Labute approximate surface area is 111 Å². The van der Waals surface area contributed by atoms with Gasteiger partial charge in [-0.2, -0.15) is 0 Å². The summed E-state index contributed by atoms with van der Waals surface area (Å²) in [5.74, 6) is 0. The summed E-state index contributed by atoms with van der Waals surface area (Å²) >= 11 is 0. The Bertz CT molecular complexity index is 226. The van der Waals surface area contributed by atoms with Gasteiger partial charge in [0.15, 0.2) is 6.29 Å². The molecule has 1 saturated heterocycles. The molecular formula is C13H30N2O3. The van der Waals surface area contributed by atoms with Crippen molar-refractivity contribution in [3.8, 4) is 0 Å². The minimum Gasteiger partial charge on any atom is -0.386 e. The molecule has 0 aromatic heterocycles. The summed E-state index contributed by atoms with van der Waals surface area (Å²) in [6.07, 6.45) is -1.27. The summed E-state index contributed by atoms with van der Waals surface area (Å²) in [6, 6.07) is 0.249. The van der Waals surface area contributed by atoms with E-state index in [4.69, 9.17) is 4.74 Å². The third-order valence-electron chi connectivity index (χ3n) is 3.36. The van der Waals surface area contributed by atoms with Gasteiger partial charge in [-0.25, -0.2) is 10.0 Å². The molecule has 110 valence electrons. The van der Waals surface area contributed by atoms with E-state index in [2.05, 4.69) is 18.9 Å². The van der Waals surface area contributed by atoms with Crippen molar-refractivity contribution in [2.45, 2.75) is 71.6 Å². The molecule has 0 radical (unpaired) electrons. The van der Waals surface area contributed by atoms with Crippen LogP contribution in [0.4, 0.5) is 0 Å². The fraction of sp³-hybridized carbons (Fsp3) is 1.00. The number of hydrogen-bond acceptors (Lipinski definition) is 5. The van der Waals surface area contributed by atoms with Crippen molar-refractivity contribution in [3.05, 3.63) is 0 Å². The van der Waals surface area contributed by atoms with Crippen molar-refractivity contribution in [1.82, 2.24) is 10.0 Å². The summed E-state index contributed by atoms with van der Waals surface area (Å²) in [5, 5.41) is 23.5. The molecule has 0 amide bonds. The molecule has 0 aromatic carbocycles. The van der Waals surface area contributed by atoms with Gasteiger partial charge in [-0.1, -0.05) is 13.8 Å². The molecule has 18 heavy (non-hydrogen) atoms. The highest BCUT2D eigenvalue weighted by Gasteiger charge is 2.38. The molecule has 0 unspecified atom stereocenters. The summed E-state index contributed by atoms with van der Waals surface area (Å²) in [5.41, 5.74) is 0. The molecule has 0 aromatic rings. The van der Waals surface area contributed by atoms with Crippen molar-refractivity contribution in [3.63, 3.8) is 0 Å². The fourth-order valence-corrected chi connectivity index (χ4v) is 2.02. The Morgan fingerprint density at radius 3 is 2.11 bits per heavy atom. The first-order valence-corrected chi connectivity index (χ1v) is 6.81. The maximum absolute atomic E-state index is 9.91. The van der Waals surface area contributed by atoms with E-state index >= 15 is 0 Å². The zero-order chi connectivity index (χ0) is 14.5. The van der Waals surface area contributed by atoms with E-state index in [1.54, 1.807) is 0 Å². The van der Waals surface area contributed by atoms with E-state index in [0.29, 0.717) is 12.5 Å². The molecule has 1 aliphatic rings. The van der Waals surface area contributed by atoms with Crippen LogP contribution in [-0.2, 0) is 4.74 Å². The highest BCUT2D eigenvalue weighted by atomic mass is 16.6. The number of rotatable bonds is 3. The van der Waals surface area contributed by atoms with Crippen LogP contribution in [0.25, 0.3) is 0 Å². The van der Waals surface area contributed by atoms with Crippen LogP contribution in [0.5, 0.6) is 0 Å². The van der Waals surface area contributed by atoms with Gasteiger partial charge in [0.25, 0.3) is 0 Å². The first kappa shape index (κ1) is 17.8. The predicted octanol–water partition coefficient (Wildman–Crippen LogP) is 1.06. The Hall–Kier alpha value is -0.200. The Kier molecular flexibility index (Phi) is 7.98. The van der Waals surface area contributed by atoms with Gasteiger partial charge < -0.3 is 14.9 Å². The smallest absolute Gasteiger partial charge is 0.182 e. The molecule has 0 saturated carbocycles. The molecule has 1 aliphatic heterocycles. The minimum atomic E-state index is -1.09. The third kappa shape index (κ3) is 4.48. The van der Waals surface area contributed by atoms with Crippen molar-refractivity contribution in [2.75, 3.05) is 14.1 Å². The Balaban J connectivity index is 0.00000137. The Morgan fingerprint density at radius 1 is 1.17 bits per heavy atom. The van der Waals surface area contributed by atoms with Crippen LogP contribution in [0.3, 0.4) is 0 Å². The van der Waals surface area contributed by atoms with Crippen molar-refractivity contribution in [2.24, 2.45) is 0 Å². The number of hydrogen-bond donors (Lipinski definition) is 2. The van der Waals surface area contributed by atoms with Crippen LogP contribution < -0.4 is 0 Å². The molecule has 1 fully saturated rings. The SMILES string of the molecule is CC.CC(C)N(C)N(C)[C@H]1C[C@@H](C)O[C@@H](O)[C@@H]1O. The van der Waals surface area contributed by atoms with Crippen molar-refractivity contribution < 1.29 is 14.9 Å². The van der Waals surface area contributed by atoms with Gasteiger partial charge in [-0.05, 0) is 27.2 Å². The van der Waals surface area contributed by atoms with Crippen LogP contribution >= 0.6 is 0 Å². The van der Waals surface area contributed by atoms with E-state index in [9.17, 15) is 10.2 Å². The molecule has 1 rings (SSSR count). The lowest BCUT2D eigenvalue weighted by Gasteiger charge is -2.44. The van der Waals surface area contributed by atoms with Gasteiger partial charge in [0, 0.05) is 20.1 Å². The molecule has 5 nitrogen and oxygen atoms in total. The number of aliphatic hydroxyl groups excluding tert-OH is 2. The summed E-state index contributed by atoms with van der Waals surface area (Å²) in [7, 11) is 3.91. The quantitative estimate of drug-likeness (QED) is 0.745. The first-order valence-electron chi connectivity index (χ1n) is 6.81. The zero-order valence-electron chi connectivity index (χ0n) is 12.8. The van der Waals surface area contributed by atoms with Gasteiger partial charge in [-0.15, -0.1) is 0 Å². The number of ether oxygens (including phenoxy) is 1. The number of likely N-dealkylation sites (N-methyl/N-ethyl adjacent to an activating group) is 1. The molecule has 0 spiro atoms. The molecular weight excluding hydrogens is 232 g/mol. The number of nitrogens with zero attached hydrogens (tertiary/aromatic N) is 2. The van der Waals surface area contributed by atoms with E-state index in [1.165, 1.54) is 0 Å². The number of aliphatic hydroxyl groups is 2. The van der Waals surface area contributed by atoms with Crippen LogP contribution in [0.2, 0.25) is 0 Å². The van der Waals surface area contributed by atoms with Gasteiger partial charge in [0.05, 0.1) is 12.1 Å². The second kappa shape index (κ2) is 8.07. The largest absolute Gasteiger partial charge is 0.386 e. The molecule has 0 aliphatic carbocycles. The summed E-state index contributed by atoms with van der Waals surface area (Å²) in [6.45, 7) is 10.1. The fourth-order valence-electron chi connectivity index (χ4n) is 2.02. The highest BCUT2D eigenvalue weighted by molar-refractivity contribution is 4.85. The molecule has 5 heteroatoms. The topological polar surface area (TPSA) is 56.2 Å². The standard InChI is InChI=1S/C11H24N2O3.C2H6/c1-7(2)12(4)13(5)9-6-8(3)16-11(15)10(9)14;1-2/h7-11,14-15H,6H2,1-5H3;1-2H3/t8-,9+,10-,11-;/m1./s1. The highest BCUT2D eigenvalue weighted by Crippen LogP contribution is 2.23. The first-order chi connectivity index (χ1) is 8.34. The minimum absolute atomic E-state index is 0.0357. The molecule has 4 atom stereocenters. The van der Waals surface area contributed by atoms with E-state index in [-0.39, 0.29) is 12.1 Å². The number of hydrazine groups is 1.